The van der Waals surface area contributed by atoms with Crippen LogP contribution in [0.4, 0.5) is 11.4 Å². The van der Waals surface area contributed by atoms with E-state index < -0.39 is 29.0 Å². The zero-order valence-electron chi connectivity index (χ0n) is 14.0. The van der Waals surface area contributed by atoms with Crippen LogP contribution >= 0.6 is 12.2 Å². The zero-order valence-corrected chi connectivity index (χ0v) is 14.8. The largest absolute Gasteiger partial charge is 0.493 e. The molecular formula is C15H17N5O6S. The number of carboxylic acid groups (broad SMARTS) is 1. The number of hydrogen-bond donors (Lipinski definition) is 5. The van der Waals surface area contributed by atoms with Crippen LogP contribution in [-0.2, 0) is 17.8 Å². The van der Waals surface area contributed by atoms with Crippen molar-refractivity contribution in [2.75, 3.05) is 11.9 Å². The molecule has 0 aliphatic carbocycles. The van der Waals surface area contributed by atoms with Gasteiger partial charge in [0.15, 0.2) is 5.11 Å². The Balaban J connectivity index is 1.85. The Labute approximate surface area is 157 Å². The predicted molar refractivity (Wildman–Crippen MR) is 100.0 cm³/mol. The Bertz CT molecular complexity index is 922. The van der Waals surface area contributed by atoms with Gasteiger partial charge in [0.1, 0.15) is 12.2 Å². The standard InChI is InChI=1S/C15H17N5O6S/c21-12(22)8-19-13(23)10(18-15(19)24)5-3-7-16-14(27)17-9-4-1-2-6-11(9)20(25)26/h1-2,4,6,23H,3,5,7-8H2,(H,18,24)(H,21,22)(H2,16,17,27). The average Bonchev–Trinajstić information content (AvgIpc) is 2.86. The number of aromatic amines is 1. The average molecular weight is 395 g/mol. The van der Waals surface area contributed by atoms with Gasteiger partial charge in [-0.15, -0.1) is 0 Å². The van der Waals surface area contributed by atoms with E-state index in [0.717, 1.165) is 4.57 Å². The maximum absolute atomic E-state index is 11.6. The molecule has 0 radical (unpaired) electrons. The number of thiocarbonyl (C=S) groups is 1. The van der Waals surface area contributed by atoms with Crippen molar-refractivity contribution in [3.63, 3.8) is 0 Å². The number of H-pyrrole nitrogens is 1. The molecule has 0 atom stereocenters. The highest BCUT2D eigenvalue weighted by Crippen LogP contribution is 2.22. The summed E-state index contributed by atoms with van der Waals surface area (Å²) in [5.41, 5.74) is -0.330. The summed E-state index contributed by atoms with van der Waals surface area (Å²) in [5, 5.41) is 35.4. The van der Waals surface area contributed by atoms with Gasteiger partial charge in [-0.05, 0) is 31.1 Å². The number of carboxylic acids is 1. The van der Waals surface area contributed by atoms with E-state index in [1.54, 1.807) is 12.1 Å². The van der Waals surface area contributed by atoms with Gasteiger partial charge >= 0.3 is 11.7 Å². The highest BCUT2D eigenvalue weighted by Gasteiger charge is 2.15. The Hall–Kier alpha value is -3.41. The minimum atomic E-state index is -1.24. The number of aromatic nitrogens is 2. The number of nitro groups is 1. The molecular weight excluding hydrogens is 378 g/mol. The highest BCUT2D eigenvalue weighted by molar-refractivity contribution is 7.80. The van der Waals surface area contributed by atoms with E-state index in [2.05, 4.69) is 15.6 Å². The summed E-state index contributed by atoms with van der Waals surface area (Å²) in [7, 11) is 0. The second kappa shape index (κ2) is 8.80. The molecule has 1 aromatic carbocycles. The molecule has 1 heterocycles. The van der Waals surface area contributed by atoms with Crippen molar-refractivity contribution in [3.8, 4) is 5.88 Å². The molecule has 11 nitrogen and oxygen atoms in total. The number of para-hydroxylation sites is 2. The Kier molecular flexibility index (Phi) is 6.49. The third-order valence-electron chi connectivity index (χ3n) is 3.56. The summed E-state index contributed by atoms with van der Waals surface area (Å²) in [6, 6.07) is 6.06. The predicted octanol–water partition coefficient (Wildman–Crippen LogP) is 0.794. The summed E-state index contributed by atoms with van der Waals surface area (Å²) < 4.78 is 0.728. The minimum absolute atomic E-state index is 0.107. The van der Waals surface area contributed by atoms with Gasteiger partial charge < -0.3 is 25.8 Å². The first-order valence-corrected chi connectivity index (χ1v) is 8.21. The number of rotatable bonds is 8. The number of anilines is 1. The molecule has 144 valence electrons. The monoisotopic (exact) mass is 395 g/mol. The molecule has 27 heavy (non-hydrogen) atoms. The summed E-state index contributed by atoms with van der Waals surface area (Å²) >= 11 is 5.09. The molecule has 2 rings (SSSR count). The number of nitrogens with one attached hydrogen (secondary N) is 3. The van der Waals surface area contributed by atoms with Crippen LogP contribution in [0.25, 0.3) is 0 Å². The van der Waals surface area contributed by atoms with Crippen molar-refractivity contribution < 1.29 is 19.9 Å². The SMILES string of the molecule is O=C(O)Cn1c(O)c(CCCNC(=S)Nc2ccccc2[N+](=O)[O-])[nH]c1=O. The molecule has 2 aromatic rings. The molecule has 12 heteroatoms. The summed E-state index contributed by atoms with van der Waals surface area (Å²) in [6.45, 7) is -0.276. The number of nitrogens with zero attached hydrogens (tertiary/aromatic N) is 2. The van der Waals surface area contributed by atoms with Crippen LogP contribution in [0.5, 0.6) is 5.88 Å². The fraction of sp³-hybridized carbons (Fsp3) is 0.267. The number of aryl methyl sites for hydroxylation is 1. The lowest BCUT2D eigenvalue weighted by molar-refractivity contribution is -0.383. The highest BCUT2D eigenvalue weighted by atomic mass is 32.1. The molecule has 0 unspecified atom stereocenters. The zero-order chi connectivity index (χ0) is 20.0. The number of hydrogen-bond acceptors (Lipinski definition) is 6. The van der Waals surface area contributed by atoms with Crippen molar-refractivity contribution in [2.24, 2.45) is 0 Å². The van der Waals surface area contributed by atoms with Crippen molar-refractivity contribution in [1.29, 1.82) is 0 Å². The fourth-order valence-electron chi connectivity index (χ4n) is 2.34. The molecule has 0 amide bonds. The van der Waals surface area contributed by atoms with Gasteiger partial charge in [0, 0.05) is 12.6 Å². The minimum Gasteiger partial charge on any atom is -0.493 e. The van der Waals surface area contributed by atoms with Gasteiger partial charge in [-0.25, -0.2) is 4.79 Å². The number of carbonyl (C=O) groups is 1. The van der Waals surface area contributed by atoms with Gasteiger partial charge in [0.05, 0.1) is 10.6 Å². The van der Waals surface area contributed by atoms with Crippen molar-refractivity contribution >= 4 is 34.7 Å². The van der Waals surface area contributed by atoms with Crippen LogP contribution < -0.4 is 16.3 Å². The van der Waals surface area contributed by atoms with E-state index in [9.17, 15) is 24.8 Å². The Morgan fingerprint density at radius 1 is 1.37 bits per heavy atom. The number of aliphatic carboxylic acids is 1. The van der Waals surface area contributed by atoms with Gasteiger partial charge in [0.2, 0.25) is 5.88 Å². The molecule has 5 N–H and O–H groups in total. The van der Waals surface area contributed by atoms with Gasteiger partial charge in [0.25, 0.3) is 5.69 Å². The summed E-state index contributed by atoms with van der Waals surface area (Å²) in [6.07, 6.45) is 0.730. The first-order valence-electron chi connectivity index (χ1n) is 7.80. The van der Waals surface area contributed by atoms with Crippen LogP contribution in [0.2, 0.25) is 0 Å². The van der Waals surface area contributed by atoms with E-state index in [0.29, 0.717) is 13.0 Å². The van der Waals surface area contributed by atoms with E-state index in [1.807, 2.05) is 0 Å². The van der Waals surface area contributed by atoms with Gasteiger partial charge in [-0.3, -0.25) is 19.5 Å². The van der Waals surface area contributed by atoms with E-state index in [-0.39, 0.29) is 28.6 Å². The molecule has 0 fully saturated rings. The summed E-state index contributed by atoms with van der Waals surface area (Å²) in [4.78, 5) is 35.1. The smallest absolute Gasteiger partial charge is 0.329 e. The first-order chi connectivity index (χ1) is 12.8. The number of imidazole rings is 1. The fourth-order valence-corrected chi connectivity index (χ4v) is 2.55. The molecule has 0 aliphatic rings. The molecule has 0 aliphatic heterocycles. The van der Waals surface area contributed by atoms with Crippen LogP contribution in [0.15, 0.2) is 29.1 Å². The maximum Gasteiger partial charge on any atom is 0.329 e. The van der Waals surface area contributed by atoms with E-state index in [1.165, 1.54) is 12.1 Å². The lowest BCUT2D eigenvalue weighted by Crippen LogP contribution is -2.29. The molecule has 1 aromatic heterocycles. The topological polar surface area (TPSA) is 163 Å². The quantitative estimate of drug-likeness (QED) is 0.188. The number of aromatic hydroxyl groups is 1. The second-order valence-corrected chi connectivity index (χ2v) is 5.88. The molecule has 0 saturated heterocycles. The van der Waals surface area contributed by atoms with Crippen LogP contribution in [0, 0.1) is 10.1 Å². The van der Waals surface area contributed by atoms with Gasteiger partial charge in [-0.2, -0.15) is 0 Å². The summed E-state index contributed by atoms with van der Waals surface area (Å²) in [5.74, 6) is -1.66. The third kappa shape index (κ3) is 5.28. The van der Waals surface area contributed by atoms with Crippen molar-refractivity contribution in [3.05, 3.63) is 50.6 Å². The Morgan fingerprint density at radius 2 is 2.07 bits per heavy atom. The maximum atomic E-state index is 11.6. The normalized spacial score (nSPS) is 10.4. The van der Waals surface area contributed by atoms with Crippen molar-refractivity contribution in [2.45, 2.75) is 19.4 Å². The van der Waals surface area contributed by atoms with Gasteiger partial charge in [-0.1, -0.05) is 12.1 Å². The molecule has 0 bridgehead atoms. The Morgan fingerprint density at radius 3 is 2.74 bits per heavy atom. The third-order valence-corrected chi connectivity index (χ3v) is 3.81. The van der Waals surface area contributed by atoms with Crippen LogP contribution in [0.3, 0.4) is 0 Å². The number of benzene rings is 1. The first kappa shape index (κ1) is 19.9. The van der Waals surface area contributed by atoms with Crippen LogP contribution in [-0.4, -0.2) is 42.3 Å². The molecule has 0 saturated carbocycles. The lowest BCUT2D eigenvalue weighted by atomic mass is 10.2. The van der Waals surface area contributed by atoms with E-state index in [4.69, 9.17) is 17.3 Å². The lowest BCUT2D eigenvalue weighted by Gasteiger charge is -2.10. The van der Waals surface area contributed by atoms with Crippen LogP contribution in [0.1, 0.15) is 12.1 Å². The van der Waals surface area contributed by atoms with Crippen molar-refractivity contribution in [1.82, 2.24) is 14.9 Å². The number of nitro benzene ring substituents is 1. The molecule has 0 spiro atoms. The second-order valence-electron chi connectivity index (χ2n) is 5.47. The van der Waals surface area contributed by atoms with E-state index >= 15 is 0 Å².